The second-order valence-corrected chi connectivity index (χ2v) is 3.10. The quantitative estimate of drug-likeness (QED) is 0.623. The van der Waals surface area contributed by atoms with Gasteiger partial charge in [0.15, 0.2) is 0 Å². The van der Waals surface area contributed by atoms with Gasteiger partial charge in [-0.3, -0.25) is 0 Å². The van der Waals surface area contributed by atoms with Gasteiger partial charge in [0.25, 0.3) is 0 Å². The molecular weight excluding hydrogens is 206 g/mol. The molecule has 16 heavy (non-hydrogen) atoms. The summed E-state index contributed by atoms with van der Waals surface area (Å²) in [6, 6.07) is 0. The van der Waals surface area contributed by atoms with Crippen LogP contribution in [-0.2, 0) is 0 Å². The minimum atomic E-state index is 1.69. The van der Waals surface area contributed by atoms with Crippen LogP contribution in [0.3, 0.4) is 0 Å². The molecule has 0 aliphatic carbocycles. The zero-order chi connectivity index (χ0) is 10.8. The fourth-order valence-electron chi connectivity index (χ4n) is 1.43. The van der Waals surface area contributed by atoms with Gasteiger partial charge in [-0.2, -0.15) is 0 Å². The first-order chi connectivity index (χ1) is 7.95. The Kier molecular flexibility index (Phi) is 1.93. The van der Waals surface area contributed by atoms with Crippen molar-refractivity contribution in [1.29, 1.82) is 0 Å². The van der Waals surface area contributed by atoms with Crippen molar-refractivity contribution in [3.63, 3.8) is 0 Å². The Hall–Kier alpha value is -2.57. The van der Waals surface area contributed by atoms with Gasteiger partial charge in [-0.25, -0.2) is 29.0 Å². The molecule has 0 aliphatic rings. The molecule has 3 heterocycles. The SMILES string of the molecule is c1cn(N(n2ccnc2)n2ccnc2)cn1. The summed E-state index contributed by atoms with van der Waals surface area (Å²) in [5, 5.41) is 1.81. The van der Waals surface area contributed by atoms with Crippen molar-refractivity contribution < 1.29 is 0 Å². The van der Waals surface area contributed by atoms with Gasteiger partial charge >= 0.3 is 0 Å². The zero-order valence-corrected chi connectivity index (χ0v) is 8.33. The summed E-state index contributed by atoms with van der Waals surface area (Å²) in [4.78, 5) is 12.0. The van der Waals surface area contributed by atoms with Gasteiger partial charge in [0.05, 0.1) is 18.6 Å². The van der Waals surface area contributed by atoms with Gasteiger partial charge in [-0.15, -0.1) is 5.23 Å². The molecule has 0 amide bonds. The number of aromatic nitrogens is 6. The summed E-state index contributed by atoms with van der Waals surface area (Å²) in [6.07, 6.45) is 15.7. The average Bonchev–Trinajstić information content (AvgIpc) is 3.02. The molecule has 0 saturated carbocycles. The lowest BCUT2D eigenvalue weighted by atomic mass is 10.9. The van der Waals surface area contributed by atoms with Crippen LogP contribution in [0.15, 0.2) is 56.2 Å². The van der Waals surface area contributed by atoms with E-state index in [9.17, 15) is 0 Å². The van der Waals surface area contributed by atoms with E-state index >= 15 is 0 Å². The number of hydrogen-bond donors (Lipinski definition) is 0. The first-order valence-corrected chi connectivity index (χ1v) is 4.70. The predicted molar refractivity (Wildman–Crippen MR) is 55.7 cm³/mol. The molecule has 7 heteroatoms. The molecule has 0 unspecified atom stereocenters. The van der Waals surface area contributed by atoms with E-state index in [0.29, 0.717) is 0 Å². The molecule has 7 nitrogen and oxygen atoms in total. The Morgan fingerprint density at radius 1 is 0.625 bits per heavy atom. The molecule has 3 aromatic heterocycles. The number of nitrogens with zero attached hydrogens (tertiary/aromatic N) is 7. The molecule has 0 fully saturated rings. The summed E-state index contributed by atoms with van der Waals surface area (Å²) in [5.74, 6) is 0. The molecule has 3 rings (SSSR count). The van der Waals surface area contributed by atoms with Crippen LogP contribution in [0.4, 0.5) is 0 Å². The fraction of sp³-hybridized carbons (Fsp3) is 0. The highest BCUT2D eigenvalue weighted by Gasteiger charge is 2.07. The van der Waals surface area contributed by atoms with Gasteiger partial charge in [-0.1, -0.05) is 0 Å². The van der Waals surface area contributed by atoms with E-state index < -0.39 is 0 Å². The fourth-order valence-corrected chi connectivity index (χ4v) is 1.43. The van der Waals surface area contributed by atoms with E-state index in [2.05, 4.69) is 15.0 Å². The third-order valence-corrected chi connectivity index (χ3v) is 2.09. The van der Waals surface area contributed by atoms with Crippen molar-refractivity contribution in [2.75, 3.05) is 5.23 Å². The van der Waals surface area contributed by atoms with Crippen LogP contribution >= 0.6 is 0 Å². The van der Waals surface area contributed by atoms with Crippen LogP contribution < -0.4 is 5.23 Å². The van der Waals surface area contributed by atoms with Crippen LogP contribution in [-0.4, -0.2) is 29.0 Å². The van der Waals surface area contributed by atoms with Crippen molar-refractivity contribution in [1.82, 2.24) is 29.0 Å². The highest BCUT2D eigenvalue weighted by molar-refractivity contribution is 4.94. The largest absolute Gasteiger partial charge is 0.243 e. The van der Waals surface area contributed by atoms with Gasteiger partial charge in [0, 0.05) is 18.6 Å². The van der Waals surface area contributed by atoms with Crippen molar-refractivity contribution in [2.45, 2.75) is 0 Å². The molecule has 0 aromatic carbocycles. The van der Waals surface area contributed by atoms with Crippen LogP contribution in [0, 0.1) is 0 Å². The number of hydrogen-bond acceptors (Lipinski definition) is 4. The second kappa shape index (κ2) is 3.54. The van der Waals surface area contributed by atoms with Crippen molar-refractivity contribution >= 4 is 0 Å². The van der Waals surface area contributed by atoms with E-state index in [1.807, 2.05) is 37.8 Å². The lowest BCUT2D eigenvalue weighted by Crippen LogP contribution is -2.41. The Balaban J connectivity index is 2.09. The summed E-state index contributed by atoms with van der Waals surface area (Å²) in [7, 11) is 0. The predicted octanol–water partition coefficient (Wildman–Crippen LogP) is 0.141. The van der Waals surface area contributed by atoms with Gasteiger partial charge < -0.3 is 0 Å². The molecule has 0 aliphatic heterocycles. The molecule has 0 saturated heterocycles. The monoisotopic (exact) mass is 215 g/mol. The van der Waals surface area contributed by atoms with Crippen molar-refractivity contribution in [2.24, 2.45) is 0 Å². The van der Waals surface area contributed by atoms with E-state index in [1.165, 1.54) is 0 Å². The highest BCUT2D eigenvalue weighted by Crippen LogP contribution is 1.98. The normalized spacial score (nSPS) is 10.5. The van der Waals surface area contributed by atoms with E-state index in [4.69, 9.17) is 0 Å². The van der Waals surface area contributed by atoms with E-state index in [1.54, 1.807) is 37.6 Å². The number of rotatable bonds is 3. The Labute approximate surface area is 91.1 Å². The second-order valence-electron chi connectivity index (χ2n) is 3.10. The lowest BCUT2D eigenvalue weighted by molar-refractivity contribution is 0.443. The maximum Gasteiger partial charge on any atom is 0.118 e. The van der Waals surface area contributed by atoms with Crippen molar-refractivity contribution in [3.05, 3.63) is 56.2 Å². The maximum atomic E-state index is 4.02. The zero-order valence-electron chi connectivity index (χ0n) is 8.33. The van der Waals surface area contributed by atoms with Crippen LogP contribution in [0.1, 0.15) is 0 Å². The van der Waals surface area contributed by atoms with Gasteiger partial charge in [0.1, 0.15) is 19.0 Å². The van der Waals surface area contributed by atoms with Crippen molar-refractivity contribution in [3.8, 4) is 0 Å². The number of imidazole rings is 3. The van der Waals surface area contributed by atoms with E-state index in [-0.39, 0.29) is 0 Å². The molecule has 0 N–H and O–H groups in total. The molecule has 3 aromatic rings. The average molecular weight is 215 g/mol. The minimum Gasteiger partial charge on any atom is -0.243 e. The Morgan fingerprint density at radius 2 is 1.00 bits per heavy atom. The third kappa shape index (κ3) is 1.34. The summed E-state index contributed by atoms with van der Waals surface area (Å²) in [6.45, 7) is 0. The summed E-state index contributed by atoms with van der Waals surface area (Å²) in [5.41, 5.74) is 0. The lowest BCUT2D eigenvalue weighted by Gasteiger charge is -2.25. The van der Waals surface area contributed by atoms with Crippen LogP contribution in [0.5, 0.6) is 0 Å². The Morgan fingerprint density at radius 3 is 1.25 bits per heavy atom. The summed E-state index contributed by atoms with van der Waals surface area (Å²) >= 11 is 0. The molecule has 0 spiro atoms. The Bertz CT molecular complexity index is 441. The highest BCUT2D eigenvalue weighted by atomic mass is 15.9. The van der Waals surface area contributed by atoms with Crippen LogP contribution in [0.25, 0.3) is 0 Å². The third-order valence-electron chi connectivity index (χ3n) is 2.09. The summed E-state index contributed by atoms with van der Waals surface area (Å²) < 4.78 is 5.43. The molecule has 0 atom stereocenters. The first kappa shape index (κ1) is 8.72. The molecule has 80 valence electrons. The molecular formula is C9H9N7. The smallest absolute Gasteiger partial charge is 0.118 e. The first-order valence-electron chi connectivity index (χ1n) is 4.70. The topological polar surface area (TPSA) is 56.7 Å². The van der Waals surface area contributed by atoms with Gasteiger partial charge in [-0.05, 0) is 0 Å². The van der Waals surface area contributed by atoms with Gasteiger partial charge in [0.2, 0.25) is 0 Å². The van der Waals surface area contributed by atoms with E-state index in [0.717, 1.165) is 0 Å². The standard InChI is InChI=1S/C9H9N7/c1-4-13(7-10-1)16(14-5-2-11-8-14)15-6-3-12-9-15/h1-9H. The minimum absolute atomic E-state index is 1.69. The maximum absolute atomic E-state index is 4.02. The molecule has 0 bridgehead atoms. The van der Waals surface area contributed by atoms with Crippen LogP contribution in [0.2, 0.25) is 0 Å². The molecule has 0 radical (unpaired) electrons.